The predicted molar refractivity (Wildman–Crippen MR) is 75.2 cm³/mol. The van der Waals surface area contributed by atoms with Crippen molar-refractivity contribution < 1.29 is 8.42 Å². The van der Waals surface area contributed by atoms with E-state index in [4.69, 9.17) is 0 Å². The van der Waals surface area contributed by atoms with Crippen molar-refractivity contribution in [3.8, 4) is 0 Å². The summed E-state index contributed by atoms with van der Waals surface area (Å²) < 4.78 is 26.0. The molecule has 0 bridgehead atoms. The molecule has 1 aromatic rings. The van der Waals surface area contributed by atoms with Gasteiger partial charge in [-0.05, 0) is 38.9 Å². The van der Waals surface area contributed by atoms with Crippen LogP contribution in [-0.2, 0) is 10.0 Å². The fourth-order valence-corrected chi connectivity index (χ4v) is 2.53. The van der Waals surface area contributed by atoms with Crippen LogP contribution in [0.3, 0.4) is 0 Å². The molecular weight excluding hydrogens is 248 g/mol. The van der Waals surface area contributed by atoms with Gasteiger partial charge in [0.2, 0.25) is 10.0 Å². The third kappa shape index (κ3) is 3.85. The highest BCUT2D eigenvalue weighted by Gasteiger charge is 2.16. The first-order valence-corrected chi connectivity index (χ1v) is 7.39. The van der Waals surface area contributed by atoms with Gasteiger partial charge in [-0.25, -0.2) is 13.1 Å². The van der Waals surface area contributed by atoms with Gasteiger partial charge in [-0.1, -0.05) is 18.2 Å². The predicted octanol–water partition coefficient (Wildman–Crippen LogP) is 2.36. The molecule has 0 amide bonds. The van der Waals surface area contributed by atoms with Crippen molar-refractivity contribution in [3.63, 3.8) is 0 Å². The molecule has 2 N–H and O–H groups in total. The summed E-state index contributed by atoms with van der Waals surface area (Å²) in [5, 5.41) is 3.22. The third-order valence-electron chi connectivity index (χ3n) is 2.65. The second-order valence-corrected chi connectivity index (χ2v) is 5.97. The Kier molecular flexibility index (Phi) is 5.37. The van der Waals surface area contributed by atoms with Crippen LogP contribution in [0.25, 0.3) is 0 Å². The highest BCUT2D eigenvalue weighted by molar-refractivity contribution is 7.89. The minimum Gasteiger partial charge on any atom is -0.381 e. The van der Waals surface area contributed by atoms with E-state index in [0.29, 0.717) is 5.69 Å². The molecule has 0 aliphatic heterocycles. The topological polar surface area (TPSA) is 58.2 Å². The lowest BCUT2D eigenvalue weighted by Gasteiger charge is -2.17. The van der Waals surface area contributed by atoms with Crippen molar-refractivity contribution in [2.24, 2.45) is 0 Å². The number of anilines is 1. The first-order valence-electron chi connectivity index (χ1n) is 5.91. The van der Waals surface area contributed by atoms with Crippen LogP contribution in [0.15, 0.2) is 41.8 Å². The van der Waals surface area contributed by atoms with Crippen molar-refractivity contribution in [3.05, 3.63) is 36.9 Å². The average molecular weight is 268 g/mol. The molecule has 0 aromatic heterocycles. The Morgan fingerprint density at radius 3 is 2.67 bits per heavy atom. The molecule has 1 unspecified atom stereocenters. The molecular formula is C13H20N2O2S. The Morgan fingerprint density at radius 1 is 1.39 bits per heavy atom. The fourth-order valence-electron chi connectivity index (χ4n) is 1.64. The van der Waals surface area contributed by atoms with Gasteiger partial charge in [0.25, 0.3) is 0 Å². The maximum atomic E-state index is 11.9. The zero-order valence-corrected chi connectivity index (χ0v) is 11.6. The van der Waals surface area contributed by atoms with Gasteiger partial charge in [-0.15, -0.1) is 6.58 Å². The number of benzene rings is 1. The Labute approximate surface area is 109 Å². The molecule has 5 heteroatoms. The Hall–Kier alpha value is -1.33. The second kappa shape index (κ2) is 6.56. The van der Waals surface area contributed by atoms with E-state index in [1.807, 2.05) is 19.1 Å². The number of rotatable bonds is 7. The third-order valence-corrected chi connectivity index (χ3v) is 4.12. The van der Waals surface area contributed by atoms with E-state index in [1.165, 1.54) is 7.05 Å². The molecule has 1 rings (SSSR count). The van der Waals surface area contributed by atoms with Gasteiger partial charge in [-0.3, -0.25) is 0 Å². The number of allylic oxidation sites excluding steroid dienone is 1. The van der Waals surface area contributed by atoms with E-state index in [1.54, 1.807) is 18.2 Å². The zero-order valence-electron chi connectivity index (χ0n) is 10.8. The van der Waals surface area contributed by atoms with Crippen LogP contribution in [0.5, 0.6) is 0 Å². The van der Waals surface area contributed by atoms with Gasteiger partial charge >= 0.3 is 0 Å². The number of nitrogens with one attached hydrogen (secondary N) is 2. The molecule has 0 heterocycles. The molecule has 0 fully saturated rings. The minimum atomic E-state index is -3.43. The summed E-state index contributed by atoms with van der Waals surface area (Å²) in [4.78, 5) is 0.276. The van der Waals surface area contributed by atoms with Crippen molar-refractivity contribution in [1.29, 1.82) is 0 Å². The molecule has 1 atom stereocenters. The Bertz CT molecular complexity index is 497. The highest BCUT2D eigenvalue weighted by Crippen LogP contribution is 2.21. The molecule has 0 radical (unpaired) electrons. The van der Waals surface area contributed by atoms with Crippen molar-refractivity contribution >= 4 is 15.7 Å². The van der Waals surface area contributed by atoms with E-state index < -0.39 is 10.0 Å². The van der Waals surface area contributed by atoms with E-state index in [-0.39, 0.29) is 10.9 Å². The van der Waals surface area contributed by atoms with E-state index in [9.17, 15) is 8.42 Å². The van der Waals surface area contributed by atoms with Crippen LogP contribution in [0, 0.1) is 0 Å². The lowest BCUT2D eigenvalue weighted by Crippen LogP contribution is -2.22. The molecule has 4 nitrogen and oxygen atoms in total. The summed E-state index contributed by atoms with van der Waals surface area (Å²) in [7, 11) is -2.02. The Balaban J connectivity index is 2.93. The van der Waals surface area contributed by atoms with Gasteiger partial charge in [0, 0.05) is 6.04 Å². The van der Waals surface area contributed by atoms with E-state index in [2.05, 4.69) is 16.6 Å². The van der Waals surface area contributed by atoms with Gasteiger partial charge in [-0.2, -0.15) is 0 Å². The van der Waals surface area contributed by atoms with Crippen molar-refractivity contribution in [2.45, 2.75) is 30.7 Å². The SMILES string of the molecule is C=CCCC(C)Nc1ccccc1S(=O)(=O)NC. The lowest BCUT2D eigenvalue weighted by atomic mass is 10.1. The van der Waals surface area contributed by atoms with Crippen LogP contribution < -0.4 is 10.0 Å². The highest BCUT2D eigenvalue weighted by atomic mass is 32.2. The molecule has 0 aliphatic rings. The van der Waals surface area contributed by atoms with Crippen molar-refractivity contribution in [1.82, 2.24) is 4.72 Å². The summed E-state index contributed by atoms with van der Waals surface area (Å²) >= 11 is 0. The van der Waals surface area contributed by atoms with E-state index >= 15 is 0 Å². The number of para-hydroxylation sites is 1. The molecule has 0 saturated heterocycles. The quantitative estimate of drug-likeness (QED) is 0.746. The molecule has 18 heavy (non-hydrogen) atoms. The Morgan fingerprint density at radius 2 is 2.06 bits per heavy atom. The molecule has 1 aromatic carbocycles. The average Bonchev–Trinajstić information content (AvgIpc) is 2.37. The summed E-state index contributed by atoms with van der Waals surface area (Å²) in [5.74, 6) is 0. The number of sulfonamides is 1. The maximum absolute atomic E-state index is 11.9. The smallest absolute Gasteiger partial charge is 0.242 e. The van der Waals surface area contributed by atoms with Crippen LogP contribution in [0.2, 0.25) is 0 Å². The molecule has 100 valence electrons. The van der Waals surface area contributed by atoms with Crippen LogP contribution in [-0.4, -0.2) is 21.5 Å². The minimum absolute atomic E-state index is 0.191. The van der Waals surface area contributed by atoms with Crippen LogP contribution >= 0.6 is 0 Å². The molecule has 0 aliphatic carbocycles. The van der Waals surface area contributed by atoms with Crippen LogP contribution in [0.4, 0.5) is 5.69 Å². The van der Waals surface area contributed by atoms with Crippen molar-refractivity contribution in [2.75, 3.05) is 12.4 Å². The van der Waals surface area contributed by atoms with Gasteiger partial charge in [0.05, 0.1) is 5.69 Å². The van der Waals surface area contributed by atoms with E-state index in [0.717, 1.165) is 12.8 Å². The molecule has 0 spiro atoms. The second-order valence-electron chi connectivity index (χ2n) is 4.12. The summed E-state index contributed by atoms with van der Waals surface area (Å²) in [6.07, 6.45) is 3.67. The summed E-state index contributed by atoms with van der Waals surface area (Å²) in [5.41, 5.74) is 0.628. The zero-order chi connectivity index (χ0) is 13.6. The maximum Gasteiger partial charge on any atom is 0.242 e. The van der Waals surface area contributed by atoms with Crippen LogP contribution in [0.1, 0.15) is 19.8 Å². The first-order chi connectivity index (χ1) is 8.51. The standard InChI is InChI=1S/C13H20N2O2S/c1-4-5-8-11(2)15-12-9-6-7-10-13(12)18(16,17)14-3/h4,6-7,9-11,14-15H,1,5,8H2,2-3H3. The number of hydrogen-bond donors (Lipinski definition) is 2. The monoisotopic (exact) mass is 268 g/mol. The fraction of sp³-hybridized carbons (Fsp3) is 0.385. The summed E-state index contributed by atoms with van der Waals surface area (Å²) in [6, 6.07) is 7.08. The summed E-state index contributed by atoms with van der Waals surface area (Å²) in [6.45, 7) is 5.70. The van der Waals surface area contributed by atoms with Gasteiger partial charge < -0.3 is 5.32 Å². The van der Waals surface area contributed by atoms with Gasteiger partial charge in [0.15, 0.2) is 0 Å². The largest absolute Gasteiger partial charge is 0.381 e. The number of hydrogen-bond acceptors (Lipinski definition) is 3. The normalized spacial score (nSPS) is 13.0. The lowest BCUT2D eigenvalue weighted by molar-refractivity contribution is 0.588. The first kappa shape index (κ1) is 14.7. The molecule has 0 saturated carbocycles. The van der Waals surface area contributed by atoms with Gasteiger partial charge in [0.1, 0.15) is 4.90 Å².